The first-order valence-corrected chi connectivity index (χ1v) is 7.44. The first kappa shape index (κ1) is 17.3. The van der Waals surface area contributed by atoms with Crippen molar-refractivity contribution in [2.45, 2.75) is 39.0 Å². The molecule has 1 saturated heterocycles. The Morgan fingerprint density at radius 3 is 2.43 bits per heavy atom. The molecule has 0 aromatic heterocycles. The van der Waals surface area contributed by atoms with E-state index in [4.69, 9.17) is 10.8 Å². The molecule has 0 spiro atoms. The highest BCUT2D eigenvalue weighted by Gasteiger charge is 2.25. The Morgan fingerprint density at radius 2 is 1.90 bits per heavy atom. The molecule has 0 aromatic carbocycles. The summed E-state index contributed by atoms with van der Waals surface area (Å²) in [4.78, 5) is 35.1. The summed E-state index contributed by atoms with van der Waals surface area (Å²) in [5, 5.41) is 11.4. The summed E-state index contributed by atoms with van der Waals surface area (Å²) in [5.74, 6) is -0.933. The van der Waals surface area contributed by atoms with E-state index in [-0.39, 0.29) is 30.2 Å². The molecule has 1 rings (SSSR count). The number of carbonyl (C=O) groups excluding carboxylic acids is 2. The molecule has 1 unspecified atom stereocenters. The third-order valence-corrected chi connectivity index (χ3v) is 3.95. The predicted octanol–water partition coefficient (Wildman–Crippen LogP) is 0.784. The number of amides is 3. The maximum atomic E-state index is 11.9. The van der Waals surface area contributed by atoms with Crippen LogP contribution in [0.2, 0.25) is 0 Å². The van der Waals surface area contributed by atoms with Gasteiger partial charge in [-0.1, -0.05) is 6.92 Å². The second-order valence-electron chi connectivity index (χ2n) is 5.72. The van der Waals surface area contributed by atoms with Crippen molar-refractivity contribution in [2.75, 3.05) is 19.6 Å². The van der Waals surface area contributed by atoms with Crippen LogP contribution in [0.3, 0.4) is 0 Å². The first-order valence-electron chi connectivity index (χ1n) is 7.44. The lowest BCUT2D eigenvalue weighted by atomic mass is 9.96. The van der Waals surface area contributed by atoms with Crippen LogP contribution in [-0.2, 0) is 9.59 Å². The van der Waals surface area contributed by atoms with Crippen LogP contribution >= 0.6 is 0 Å². The summed E-state index contributed by atoms with van der Waals surface area (Å²) in [6.45, 7) is 3.62. The van der Waals surface area contributed by atoms with Crippen LogP contribution in [0.4, 0.5) is 4.79 Å². The zero-order valence-electron chi connectivity index (χ0n) is 12.5. The van der Waals surface area contributed by atoms with E-state index in [1.165, 1.54) is 0 Å². The van der Waals surface area contributed by atoms with E-state index >= 15 is 0 Å². The average Bonchev–Trinajstić information content (AvgIpc) is 2.45. The predicted molar refractivity (Wildman–Crippen MR) is 77.5 cm³/mol. The summed E-state index contributed by atoms with van der Waals surface area (Å²) < 4.78 is 0. The number of likely N-dealkylation sites (tertiary alicyclic amines) is 1. The molecule has 0 bridgehead atoms. The van der Waals surface area contributed by atoms with E-state index in [0.29, 0.717) is 38.9 Å². The van der Waals surface area contributed by atoms with Gasteiger partial charge in [0.25, 0.3) is 0 Å². The summed E-state index contributed by atoms with van der Waals surface area (Å²) in [6.07, 6.45) is 2.79. The largest absolute Gasteiger partial charge is 0.481 e. The summed E-state index contributed by atoms with van der Waals surface area (Å²) in [7, 11) is 0. The van der Waals surface area contributed by atoms with E-state index < -0.39 is 5.97 Å². The molecular formula is C14H25N3O4. The van der Waals surface area contributed by atoms with Crippen LogP contribution < -0.4 is 11.1 Å². The fourth-order valence-corrected chi connectivity index (χ4v) is 2.42. The molecular weight excluding hydrogens is 274 g/mol. The number of piperidine rings is 1. The summed E-state index contributed by atoms with van der Waals surface area (Å²) >= 11 is 0. The number of nitrogens with one attached hydrogen (secondary N) is 1. The molecule has 0 aromatic rings. The number of rotatable bonds is 7. The van der Waals surface area contributed by atoms with Crippen LogP contribution in [0.5, 0.6) is 0 Å². The molecule has 7 heteroatoms. The summed E-state index contributed by atoms with van der Waals surface area (Å²) in [5.41, 5.74) is 5.25. The molecule has 4 N–H and O–H groups in total. The van der Waals surface area contributed by atoms with Gasteiger partial charge in [-0.2, -0.15) is 0 Å². The average molecular weight is 299 g/mol. The van der Waals surface area contributed by atoms with Crippen molar-refractivity contribution < 1.29 is 19.5 Å². The molecule has 21 heavy (non-hydrogen) atoms. The lowest BCUT2D eigenvalue weighted by Gasteiger charge is -2.30. The highest BCUT2D eigenvalue weighted by Crippen LogP contribution is 2.16. The Labute approximate surface area is 124 Å². The van der Waals surface area contributed by atoms with Crippen LogP contribution in [0, 0.1) is 11.8 Å². The fourth-order valence-electron chi connectivity index (χ4n) is 2.42. The second-order valence-corrected chi connectivity index (χ2v) is 5.72. The lowest BCUT2D eigenvalue weighted by Crippen LogP contribution is -2.46. The quantitative estimate of drug-likeness (QED) is 0.644. The standard InChI is InChI=1S/C14H25N3O4/c1-10(2-3-12(18)19)4-7-16-14(21)17-8-5-11(6-9-17)13(15)20/h10-11H,2-9H2,1H3,(H2,15,20)(H,16,21)(H,18,19). The van der Waals surface area contributed by atoms with E-state index in [2.05, 4.69) is 5.32 Å². The van der Waals surface area contributed by atoms with Gasteiger partial charge in [-0.05, 0) is 31.6 Å². The molecule has 0 radical (unpaired) electrons. The molecule has 0 aliphatic carbocycles. The monoisotopic (exact) mass is 299 g/mol. The fraction of sp³-hybridized carbons (Fsp3) is 0.786. The van der Waals surface area contributed by atoms with Gasteiger partial charge in [0.05, 0.1) is 0 Å². The van der Waals surface area contributed by atoms with Crippen LogP contribution in [-0.4, -0.2) is 47.5 Å². The number of carboxylic acids is 1. The van der Waals surface area contributed by atoms with Crippen molar-refractivity contribution in [1.29, 1.82) is 0 Å². The van der Waals surface area contributed by atoms with Gasteiger partial charge >= 0.3 is 12.0 Å². The third-order valence-electron chi connectivity index (χ3n) is 3.95. The van der Waals surface area contributed by atoms with Crippen LogP contribution in [0.25, 0.3) is 0 Å². The highest BCUT2D eigenvalue weighted by molar-refractivity contribution is 5.78. The van der Waals surface area contributed by atoms with Gasteiger partial charge < -0.3 is 21.1 Å². The number of carboxylic acid groups (broad SMARTS) is 1. The number of hydrogen-bond acceptors (Lipinski definition) is 3. The maximum absolute atomic E-state index is 11.9. The van der Waals surface area contributed by atoms with Crippen molar-refractivity contribution in [3.8, 4) is 0 Å². The number of nitrogens with two attached hydrogens (primary N) is 1. The molecule has 1 heterocycles. The minimum atomic E-state index is -0.789. The van der Waals surface area contributed by atoms with Crippen molar-refractivity contribution in [3.05, 3.63) is 0 Å². The number of primary amides is 1. The Balaban J connectivity index is 2.17. The van der Waals surface area contributed by atoms with Crippen LogP contribution in [0.1, 0.15) is 39.0 Å². The Hall–Kier alpha value is -1.79. The van der Waals surface area contributed by atoms with Crippen LogP contribution in [0.15, 0.2) is 0 Å². The van der Waals surface area contributed by atoms with Gasteiger partial charge in [0.2, 0.25) is 5.91 Å². The molecule has 3 amide bonds. The Kier molecular flexibility index (Phi) is 6.98. The zero-order chi connectivity index (χ0) is 15.8. The van der Waals surface area contributed by atoms with Gasteiger partial charge in [0.1, 0.15) is 0 Å². The van der Waals surface area contributed by atoms with Gasteiger partial charge in [-0.15, -0.1) is 0 Å². The number of urea groups is 1. The topological polar surface area (TPSA) is 113 Å². The van der Waals surface area contributed by atoms with Gasteiger partial charge in [-0.25, -0.2) is 4.79 Å². The zero-order valence-corrected chi connectivity index (χ0v) is 12.5. The smallest absolute Gasteiger partial charge is 0.317 e. The SMILES string of the molecule is CC(CCNC(=O)N1CCC(C(N)=O)CC1)CCC(=O)O. The number of nitrogens with zero attached hydrogens (tertiary/aromatic N) is 1. The molecule has 1 aliphatic rings. The number of hydrogen-bond donors (Lipinski definition) is 3. The van der Waals surface area contributed by atoms with Gasteiger partial charge in [0, 0.05) is 32.0 Å². The van der Waals surface area contributed by atoms with Crippen molar-refractivity contribution >= 4 is 17.9 Å². The Bertz CT molecular complexity index is 378. The molecule has 1 atom stereocenters. The Morgan fingerprint density at radius 1 is 1.29 bits per heavy atom. The van der Waals surface area contributed by atoms with E-state index in [9.17, 15) is 14.4 Å². The molecule has 7 nitrogen and oxygen atoms in total. The van der Waals surface area contributed by atoms with Gasteiger partial charge in [-0.3, -0.25) is 9.59 Å². The van der Waals surface area contributed by atoms with E-state index in [1.54, 1.807) is 4.90 Å². The van der Waals surface area contributed by atoms with Crippen molar-refractivity contribution in [3.63, 3.8) is 0 Å². The lowest BCUT2D eigenvalue weighted by molar-refractivity contribution is -0.137. The van der Waals surface area contributed by atoms with Crippen molar-refractivity contribution in [2.24, 2.45) is 17.6 Å². The first-order chi connectivity index (χ1) is 9.90. The molecule has 1 aliphatic heterocycles. The third kappa shape index (κ3) is 6.46. The van der Waals surface area contributed by atoms with Crippen molar-refractivity contribution in [1.82, 2.24) is 10.2 Å². The van der Waals surface area contributed by atoms with E-state index in [1.807, 2.05) is 6.92 Å². The van der Waals surface area contributed by atoms with Gasteiger partial charge in [0.15, 0.2) is 0 Å². The minimum absolute atomic E-state index is 0.120. The molecule has 0 saturated carbocycles. The molecule has 120 valence electrons. The number of carbonyl (C=O) groups is 3. The summed E-state index contributed by atoms with van der Waals surface area (Å²) in [6, 6.07) is -0.122. The normalized spacial score (nSPS) is 17.3. The minimum Gasteiger partial charge on any atom is -0.481 e. The number of aliphatic carboxylic acids is 1. The maximum Gasteiger partial charge on any atom is 0.317 e. The molecule has 1 fully saturated rings. The van der Waals surface area contributed by atoms with E-state index in [0.717, 1.165) is 6.42 Å². The second kappa shape index (κ2) is 8.49. The highest BCUT2D eigenvalue weighted by atomic mass is 16.4.